The van der Waals surface area contributed by atoms with Crippen LogP contribution in [0.1, 0.15) is 27.2 Å². The number of aryl methyl sites for hydroxylation is 1. The topological polar surface area (TPSA) is 77.4 Å². The van der Waals surface area contributed by atoms with E-state index in [0.29, 0.717) is 28.5 Å². The number of methoxy groups -OCH3 is 1. The lowest BCUT2D eigenvalue weighted by Crippen LogP contribution is -2.24. The minimum atomic E-state index is -0.527. The lowest BCUT2D eigenvalue weighted by Gasteiger charge is -2.13. The van der Waals surface area contributed by atoms with Gasteiger partial charge in [-0.15, -0.1) is 0 Å². The number of aromatic nitrogens is 3. The van der Waals surface area contributed by atoms with Crippen LogP contribution in [0.5, 0.6) is 11.6 Å². The van der Waals surface area contributed by atoms with Gasteiger partial charge in [-0.25, -0.2) is 14.4 Å². The molecule has 0 unspecified atom stereocenters. The van der Waals surface area contributed by atoms with Gasteiger partial charge in [-0.2, -0.15) is 0 Å². The van der Waals surface area contributed by atoms with Crippen LogP contribution in [0.25, 0.3) is 0 Å². The van der Waals surface area contributed by atoms with E-state index in [0.717, 1.165) is 5.56 Å². The smallest absolute Gasteiger partial charge is 0.260 e. The van der Waals surface area contributed by atoms with Gasteiger partial charge in [0.1, 0.15) is 6.61 Å². The fourth-order valence-electron chi connectivity index (χ4n) is 2.90. The van der Waals surface area contributed by atoms with E-state index in [1.807, 2.05) is 19.1 Å². The molecule has 0 bridgehead atoms. The van der Waals surface area contributed by atoms with Crippen molar-refractivity contribution in [3.8, 4) is 11.6 Å². The Hall–Kier alpha value is -3.55. The highest BCUT2D eigenvalue weighted by molar-refractivity contribution is 6.09. The van der Waals surface area contributed by atoms with E-state index in [1.54, 1.807) is 6.20 Å². The third kappa shape index (κ3) is 3.36. The lowest BCUT2D eigenvalue weighted by molar-refractivity contribution is 0.0995. The molecule has 3 heterocycles. The van der Waals surface area contributed by atoms with E-state index in [9.17, 15) is 9.18 Å². The second-order valence-corrected chi connectivity index (χ2v) is 6.36. The second-order valence-electron chi connectivity index (χ2n) is 6.36. The molecule has 1 amide bonds. The first-order chi connectivity index (χ1) is 13.5. The summed E-state index contributed by atoms with van der Waals surface area (Å²) in [6, 6.07) is 6.47. The highest BCUT2D eigenvalue weighted by atomic mass is 19.1. The molecule has 2 aromatic heterocycles. The van der Waals surface area contributed by atoms with E-state index >= 15 is 0 Å². The van der Waals surface area contributed by atoms with Crippen molar-refractivity contribution in [1.29, 1.82) is 0 Å². The number of anilines is 1. The molecule has 0 spiro atoms. The van der Waals surface area contributed by atoms with Crippen LogP contribution in [-0.2, 0) is 13.2 Å². The van der Waals surface area contributed by atoms with Crippen molar-refractivity contribution >= 4 is 11.7 Å². The van der Waals surface area contributed by atoms with Gasteiger partial charge < -0.3 is 9.47 Å². The van der Waals surface area contributed by atoms with Crippen molar-refractivity contribution in [3.05, 3.63) is 71.1 Å². The van der Waals surface area contributed by atoms with Gasteiger partial charge in [-0.3, -0.25) is 14.7 Å². The summed E-state index contributed by atoms with van der Waals surface area (Å²) < 4.78 is 25.0. The van der Waals surface area contributed by atoms with E-state index in [1.165, 1.54) is 36.5 Å². The minimum Gasteiger partial charge on any atom is -0.484 e. The number of pyridine rings is 1. The monoisotopic (exact) mass is 380 g/mol. The number of nitrogens with zero attached hydrogens (tertiary/aromatic N) is 4. The maximum Gasteiger partial charge on any atom is 0.260 e. The molecule has 0 aliphatic carbocycles. The van der Waals surface area contributed by atoms with Crippen molar-refractivity contribution in [2.24, 2.45) is 0 Å². The minimum absolute atomic E-state index is 0.0112. The molecule has 0 fully saturated rings. The molecular formula is C20H17FN4O3. The SMILES string of the molecule is COc1cnc(N2Cc3cc(F)c(OCc4ccc(C)cn4)cc3C2=O)cn1. The third-order valence-corrected chi connectivity index (χ3v) is 4.41. The van der Waals surface area contributed by atoms with Gasteiger partial charge in [0.2, 0.25) is 5.88 Å². The average Bonchev–Trinajstić information content (AvgIpc) is 3.03. The summed E-state index contributed by atoms with van der Waals surface area (Å²) in [4.78, 5) is 26.7. The number of rotatable bonds is 5. The summed E-state index contributed by atoms with van der Waals surface area (Å²) in [5.41, 5.74) is 2.65. The molecule has 8 heteroatoms. The lowest BCUT2D eigenvalue weighted by atomic mass is 10.1. The molecule has 1 aromatic carbocycles. The molecule has 28 heavy (non-hydrogen) atoms. The van der Waals surface area contributed by atoms with Crippen molar-refractivity contribution in [2.45, 2.75) is 20.1 Å². The van der Waals surface area contributed by atoms with Gasteiger partial charge in [-0.1, -0.05) is 6.07 Å². The highest BCUT2D eigenvalue weighted by Gasteiger charge is 2.31. The van der Waals surface area contributed by atoms with E-state index in [-0.39, 0.29) is 24.8 Å². The molecule has 142 valence electrons. The number of carbonyl (C=O) groups is 1. The second kappa shape index (κ2) is 7.22. The van der Waals surface area contributed by atoms with Crippen LogP contribution in [0.15, 0.2) is 42.9 Å². The summed E-state index contributed by atoms with van der Waals surface area (Å²) in [6.07, 6.45) is 4.59. The van der Waals surface area contributed by atoms with Crippen molar-refractivity contribution < 1.29 is 18.7 Å². The molecule has 1 aliphatic rings. The third-order valence-electron chi connectivity index (χ3n) is 4.41. The maximum absolute atomic E-state index is 14.4. The largest absolute Gasteiger partial charge is 0.484 e. The van der Waals surface area contributed by atoms with Gasteiger partial charge in [0.15, 0.2) is 17.4 Å². The summed E-state index contributed by atoms with van der Waals surface area (Å²) in [5.74, 6) is -0.0840. The molecule has 7 nitrogen and oxygen atoms in total. The van der Waals surface area contributed by atoms with E-state index in [2.05, 4.69) is 15.0 Å². The number of ether oxygens (including phenoxy) is 2. The Morgan fingerprint density at radius 1 is 1.14 bits per heavy atom. The first-order valence-electron chi connectivity index (χ1n) is 8.60. The van der Waals surface area contributed by atoms with Crippen LogP contribution in [-0.4, -0.2) is 28.0 Å². The molecule has 0 N–H and O–H groups in total. The number of fused-ring (bicyclic) bond motifs is 1. The van der Waals surface area contributed by atoms with Gasteiger partial charge >= 0.3 is 0 Å². The number of hydrogen-bond acceptors (Lipinski definition) is 6. The van der Waals surface area contributed by atoms with Crippen molar-refractivity contribution in [1.82, 2.24) is 15.0 Å². The molecule has 0 atom stereocenters. The summed E-state index contributed by atoms with van der Waals surface area (Å²) in [7, 11) is 1.48. The fraction of sp³-hybridized carbons (Fsp3) is 0.200. The number of hydrogen-bond donors (Lipinski definition) is 0. The van der Waals surface area contributed by atoms with Gasteiger partial charge in [0.25, 0.3) is 5.91 Å². The van der Waals surface area contributed by atoms with Crippen LogP contribution in [0.4, 0.5) is 10.2 Å². The number of halogens is 1. The first kappa shape index (κ1) is 17.8. The molecular weight excluding hydrogens is 363 g/mol. The highest BCUT2D eigenvalue weighted by Crippen LogP contribution is 2.32. The molecule has 0 saturated heterocycles. The van der Waals surface area contributed by atoms with Crippen LogP contribution in [0, 0.1) is 12.7 Å². The van der Waals surface area contributed by atoms with Crippen LogP contribution in [0.3, 0.4) is 0 Å². The summed E-state index contributed by atoms with van der Waals surface area (Å²) in [5, 5.41) is 0. The summed E-state index contributed by atoms with van der Waals surface area (Å²) in [6.45, 7) is 2.26. The Bertz CT molecular complexity index is 1020. The van der Waals surface area contributed by atoms with Gasteiger partial charge in [-0.05, 0) is 36.2 Å². The Kier molecular flexibility index (Phi) is 4.60. The van der Waals surface area contributed by atoms with Gasteiger partial charge in [0.05, 0.1) is 31.7 Å². The molecule has 0 radical (unpaired) electrons. The Balaban J connectivity index is 1.54. The Labute approximate surface area is 160 Å². The van der Waals surface area contributed by atoms with Crippen molar-refractivity contribution in [3.63, 3.8) is 0 Å². The Morgan fingerprint density at radius 2 is 2.00 bits per heavy atom. The zero-order chi connectivity index (χ0) is 19.7. The predicted molar refractivity (Wildman–Crippen MR) is 98.8 cm³/mol. The van der Waals surface area contributed by atoms with Crippen molar-refractivity contribution in [2.75, 3.05) is 12.0 Å². The fourth-order valence-corrected chi connectivity index (χ4v) is 2.90. The molecule has 1 aliphatic heterocycles. The van der Waals surface area contributed by atoms with Crippen LogP contribution >= 0.6 is 0 Å². The molecule has 3 aromatic rings. The predicted octanol–water partition coefficient (Wildman–Crippen LogP) is 3.07. The van der Waals surface area contributed by atoms with E-state index < -0.39 is 5.82 Å². The van der Waals surface area contributed by atoms with Gasteiger partial charge in [0, 0.05) is 11.8 Å². The number of amides is 1. The maximum atomic E-state index is 14.4. The normalized spacial score (nSPS) is 12.8. The average molecular weight is 380 g/mol. The zero-order valence-corrected chi connectivity index (χ0v) is 15.3. The van der Waals surface area contributed by atoms with E-state index in [4.69, 9.17) is 9.47 Å². The Morgan fingerprint density at radius 3 is 2.68 bits per heavy atom. The number of benzene rings is 1. The number of carbonyl (C=O) groups excluding carboxylic acids is 1. The van der Waals surface area contributed by atoms with Crippen LogP contribution in [0.2, 0.25) is 0 Å². The standard InChI is InChI=1S/C20H17FN4O3/c1-12-3-4-14(22-7-12)11-28-17-6-15-13(5-16(17)21)10-25(20(15)26)18-8-24-19(27-2)9-23-18/h3-9H,10-11H2,1-2H3. The quantitative estimate of drug-likeness (QED) is 0.677. The molecule has 4 rings (SSSR count). The van der Waals surface area contributed by atoms with Crippen LogP contribution < -0.4 is 14.4 Å². The molecule has 0 saturated carbocycles. The first-order valence-corrected chi connectivity index (χ1v) is 8.60. The zero-order valence-electron chi connectivity index (χ0n) is 15.3. The summed E-state index contributed by atoms with van der Waals surface area (Å²) >= 11 is 0.